The predicted octanol–water partition coefficient (Wildman–Crippen LogP) is 5.61. The Kier molecular flexibility index (Phi) is 12.8. The lowest BCUT2D eigenvalue weighted by molar-refractivity contribution is -0.132. The molecule has 3 aromatic rings. The summed E-state index contributed by atoms with van der Waals surface area (Å²) in [6, 6.07) is 16.7. The second kappa shape index (κ2) is 16.5. The SMILES string of the molecule is CCOCCCN(CC(=O)N(CCc1ccc(OC)c(OC)c1)Cc1ccc(C)s1)C(=O)Nc1ccccc1OC. The van der Waals surface area contributed by atoms with Crippen molar-refractivity contribution in [1.29, 1.82) is 0 Å². The summed E-state index contributed by atoms with van der Waals surface area (Å²) in [4.78, 5) is 32.8. The van der Waals surface area contributed by atoms with Crippen LogP contribution in [0.1, 0.15) is 28.7 Å². The van der Waals surface area contributed by atoms with Crippen molar-refractivity contribution in [1.82, 2.24) is 9.80 Å². The molecule has 0 aliphatic carbocycles. The third-order valence-corrected chi connectivity index (χ3v) is 7.48. The van der Waals surface area contributed by atoms with Gasteiger partial charge in [0.1, 0.15) is 12.3 Å². The number of para-hydroxylation sites is 2. The number of methoxy groups -OCH3 is 3. The number of carbonyl (C=O) groups is 2. The van der Waals surface area contributed by atoms with Crippen LogP contribution >= 0.6 is 11.3 Å². The summed E-state index contributed by atoms with van der Waals surface area (Å²) in [6.45, 7) is 6.32. The fraction of sp³-hybridized carbons (Fsp3) is 0.419. The minimum absolute atomic E-state index is 0.0661. The zero-order valence-corrected chi connectivity index (χ0v) is 25.4. The standard InChI is InChI=1S/C31H41N3O6S/c1-6-40-19-9-17-34(31(36)32-26-10-7-8-11-27(26)37-3)22-30(35)33(21-25-14-12-23(2)41-25)18-16-24-13-15-28(38-4)29(20-24)39-5/h7-8,10-15,20H,6,9,16-19,21-22H2,1-5H3,(H,32,36). The largest absolute Gasteiger partial charge is 0.495 e. The maximum Gasteiger partial charge on any atom is 0.322 e. The van der Waals surface area contributed by atoms with Crippen LogP contribution in [-0.2, 0) is 22.5 Å². The highest BCUT2D eigenvalue weighted by atomic mass is 32.1. The minimum Gasteiger partial charge on any atom is -0.495 e. The van der Waals surface area contributed by atoms with Gasteiger partial charge in [0.15, 0.2) is 11.5 Å². The van der Waals surface area contributed by atoms with Crippen LogP contribution in [0.3, 0.4) is 0 Å². The topological polar surface area (TPSA) is 89.6 Å². The number of thiophene rings is 1. The lowest BCUT2D eigenvalue weighted by atomic mass is 10.1. The first-order valence-corrected chi connectivity index (χ1v) is 14.5. The van der Waals surface area contributed by atoms with E-state index in [2.05, 4.69) is 11.4 Å². The van der Waals surface area contributed by atoms with E-state index < -0.39 is 0 Å². The summed E-state index contributed by atoms with van der Waals surface area (Å²) >= 11 is 1.66. The van der Waals surface area contributed by atoms with E-state index in [1.165, 1.54) is 9.78 Å². The fourth-order valence-electron chi connectivity index (χ4n) is 4.31. The summed E-state index contributed by atoms with van der Waals surface area (Å²) in [6.07, 6.45) is 1.23. The average molecular weight is 584 g/mol. The fourth-order valence-corrected chi connectivity index (χ4v) is 5.22. The van der Waals surface area contributed by atoms with Gasteiger partial charge in [-0.15, -0.1) is 11.3 Å². The summed E-state index contributed by atoms with van der Waals surface area (Å²) in [5.41, 5.74) is 1.56. The van der Waals surface area contributed by atoms with Crippen LogP contribution in [0.2, 0.25) is 0 Å². The minimum atomic E-state index is -0.369. The van der Waals surface area contributed by atoms with Crippen molar-refractivity contribution in [3.05, 3.63) is 69.9 Å². The number of urea groups is 1. The molecule has 9 nitrogen and oxygen atoms in total. The molecule has 0 fully saturated rings. The molecule has 0 atom stereocenters. The smallest absolute Gasteiger partial charge is 0.322 e. The van der Waals surface area contributed by atoms with Gasteiger partial charge in [-0.05, 0) is 68.7 Å². The molecule has 0 unspecified atom stereocenters. The van der Waals surface area contributed by atoms with Crippen LogP contribution in [-0.4, -0.2) is 75.9 Å². The number of amides is 3. The quantitative estimate of drug-likeness (QED) is 0.221. The molecule has 1 aromatic heterocycles. The second-order valence-electron chi connectivity index (χ2n) is 9.37. The number of aryl methyl sites for hydroxylation is 1. The molecule has 0 aliphatic heterocycles. The first kappa shape index (κ1) is 31.8. The number of nitrogens with zero attached hydrogens (tertiary/aromatic N) is 2. The summed E-state index contributed by atoms with van der Waals surface area (Å²) in [7, 11) is 4.76. The number of ether oxygens (including phenoxy) is 4. The second-order valence-corrected chi connectivity index (χ2v) is 10.7. The van der Waals surface area contributed by atoms with Gasteiger partial charge in [0.25, 0.3) is 0 Å². The van der Waals surface area contributed by atoms with E-state index in [-0.39, 0.29) is 18.5 Å². The lowest BCUT2D eigenvalue weighted by Gasteiger charge is -2.28. The Morgan fingerprint density at radius 2 is 1.63 bits per heavy atom. The van der Waals surface area contributed by atoms with E-state index in [0.29, 0.717) is 68.6 Å². The van der Waals surface area contributed by atoms with Crippen molar-refractivity contribution in [2.24, 2.45) is 0 Å². The zero-order valence-electron chi connectivity index (χ0n) is 24.6. The third kappa shape index (κ3) is 9.68. The molecule has 0 saturated carbocycles. The van der Waals surface area contributed by atoms with Crippen LogP contribution in [0, 0.1) is 6.92 Å². The number of hydrogen-bond acceptors (Lipinski definition) is 7. The Morgan fingerprint density at radius 1 is 0.878 bits per heavy atom. The van der Waals surface area contributed by atoms with Crippen LogP contribution in [0.25, 0.3) is 0 Å². The van der Waals surface area contributed by atoms with E-state index in [9.17, 15) is 9.59 Å². The first-order chi connectivity index (χ1) is 19.9. The van der Waals surface area contributed by atoms with Crippen LogP contribution in [0.4, 0.5) is 10.5 Å². The Balaban J connectivity index is 1.78. The van der Waals surface area contributed by atoms with E-state index in [1.807, 2.05) is 55.1 Å². The first-order valence-electron chi connectivity index (χ1n) is 13.7. The molecule has 0 aliphatic rings. The molecule has 1 N–H and O–H groups in total. The molecular formula is C31H41N3O6S. The Labute approximate surface area is 247 Å². The monoisotopic (exact) mass is 583 g/mol. The summed E-state index contributed by atoms with van der Waals surface area (Å²) in [5, 5.41) is 2.91. The Bertz CT molecular complexity index is 1260. The van der Waals surface area contributed by atoms with Gasteiger partial charge >= 0.3 is 6.03 Å². The Morgan fingerprint density at radius 3 is 2.32 bits per heavy atom. The van der Waals surface area contributed by atoms with Gasteiger partial charge in [-0.2, -0.15) is 0 Å². The molecule has 0 spiro atoms. The number of hydrogen-bond donors (Lipinski definition) is 1. The number of benzene rings is 2. The van der Waals surface area contributed by atoms with Crippen LogP contribution < -0.4 is 19.5 Å². The normalized spacial score (nSPS) is 10.7. The lowest BCUT2D eigenvalue weighted by Crippen LogP contribution is -2.45. The van der Waals surface area contributed by atoms with Crippen molar-refractivity contribution in [2.45, 2.75) is 33.2 Å². The van der Waals surface area contributed by atoms with Crippen molar-refractivity contribution in [3.63, 3.8) is 0 Å². The maximum absolute atomic E-state index is 13.8. The van der Waals surface area contributed by atoms with Gasteiger partial charge in [0.05, 0.1) is 33.6 Å². The highest BCUT2D eigenvalue weighted by Gasteiger charge is 2.23. The molecule has 3 rings (SSSR count). The van der Waals surface area contributed by atoms with Gasteiger partial charge in [0.2, 0.25) is 5.91 Å². The van der Waals surface area contributed by atoms with Gasteiger partial charge in [0, 0.05) is 36.1 Å². The number of rotatable bonds is 16. The van der Waals surface area contributed by atoms with Crippen molar-refractivity contribution >= 4 is 29.0 Å². The van der Waals surface area contributed by atoms with Crippen LogP contribution in [0.15, 0.2) is 54.6 Å². The van der Waals surface area contributed by atoms with Gasteiger partial charge in [-0.1, -0.05) is 18.2 Å². The highest BCUT2D eigenvalue weighted by molar-refractivity contribution is 7.11. The number of anilines is 1. The molecule has 0 radical (unpaired) electrons. The van der Waals surface area contributed by atoms with Crippen molar-refractivity contribution < 1.29 is 28.5 Å². The van der Waals surface area contributed by atoms with E-state index >= 15 is 0 Å². The summed E-state index contributed by atoms with van der Waals surface area (Å²) in [5.74, 6) is 1.71. The van der Waals surface area contributed by atoms with E-state index in [0.717, 1.165) is 10.4 Å². The molecule has 0 saturated heterocycles. The van der Waals surface area contributed by atoms with Crippen molar-refractivity contribution in [2.75, 3.05) is 59.5 Å². The third-order valence-electron chi connectivity index (χ3n) is 6.50. The molecular weight excluding hydrogens is 542 g/mol. The van der Waals surface area contributed by atoms with E-state index in [1.54, 1.807) is 44.8 Å². The van der Waals surface area contributed by atoms with E-state index in [4.69, 9.17) is 18.9 Å². The number of nitrogens with one attached hydrogen (secondary N) is 1. The van der Waals surface area contributed by atoms with Crippen molar-refractivity contribution in [3.8, 4) is 17.2 Å². The van der Waals surface area contributed by atoms with Crippen LogP contribution in [0.5, 0.6) is 17.2 Å². The molecule has 3 amide bonds. The maximum atomic E-state index is 13.8. The highest BCUT2D eigenvalue weighted by Crippen LogP contribution is 2.28. The molecule has 1 heterocycles. The predicted molar refractivity (Wildman–Crippen MR) is 162 cm³/mol. The molecule has 10 heteroatoms. The van der Waals surface area contributed by atoms with Gasteiger partial charge in [-0.25, -0.2) is 4.79 Å². The average Bonchev–Trinajstić information content (AvgIpc) is 3.40. The molecule has 222 valence electrons. The van der Waals surface area contributed by atoms with Gasteiger partial charge < -0.3 is 34.1 Å². The molecule has 2 aromatic carbocycles. The van der Waals surface area contributed by atoms with Gasteiger partial charge in [-0.3, -0.25) is 4.79 Å². The molecule has 41 heavy (non-hydrogen) atoms. The zero-order chi connectivity index (χ0) is 29.6. The summed E-state index contributed by atoms with van der Waals surface area (Å²) < 4.78 is 21.7. The Hall–Kier alpha value is -3.76. The molecule has 0 bridgehead atoms. The number of carbonyl (C=O) groups excluding carboxylic acids is 2.